The van der Waals surface area contributed by atoms with E-state index in [1.165, 1.54) is 22.7 Å². The van der Waals surface area contributed by atoms with E-state index >= 15 is 0 Å². The van der Waals surface area contributed by atoms with E-state index in [-0.39, 0.29) is 49.9 Å². The number of carbonyl (C=O) groups excluding carboxylic acids is 2. The molecule has 39 heavy (non-hydrogen) atoms. The Hall–Kier alpha value is -3.34. The molecule has 1 aliphatic carbocycles. The zero-order chi connectivity index (χ0) is 27.6. The molecule has 1 saturated heterocycles. The second kappa shape index (κ2) is 11.4. The summed E-state index contributed by atoms with van der Waals surface area (Å²) in [6.45, 7) is 1.52. The van der Waals surface area contributed by atoms with Crippen molar-refractivity contribution in [1.29, 1.82) is 0 Å². The second-order valence-corrected chi connectivity index (χ2v) is 12.3. The van der Waals surface area contributed by atoms with Gasteiger partial charge in [0.15, 0.2) is 0 Å². The molecule has 1 saturated carbocycles. The monoisotopic (exact) mass is 552 g/mol. The van der Waals surface area contributed by atoms with Gasteiger partial charge in [0.25, 0.3) is 5.91 Å². The maximum atomic E-state index is 13.6. The summed E-state index contributed by atoms with van der Waals surface area (Å²) in [6.07, 6.45) is 2.48. The van der Waals surface area contributed by atoms with Crippen molar-refractivity contribution in [2.75, 3.05) is 39.0 Å². The number of rotatable bonds is 9. The smallest absolute Gasteiger partial charge is 0.252 e. The molecule has 0 aromatic heterocycles. The van der Waals surface area contributed by atoms with Gasteiger partial charge in [-0.3, -0.25) is 9.59 Å². The summed E-state index contributed by atoms with van der Waals surface area (Å²) in [5, 5.41) is 8.18. The molecule has 3 aromatic rings. The van der Waals surface area contributed by atoms with Gasteiger partial charge >= 0.3 is 0 Å². The van der Waals surface area contributed by atoms with Crippen LogP contribution in [0.15, 0.2) is 66.7 Å². The van der Waals surface area contributed by atoms with Gasteiger partial charge in [-0.05, 0) is 53.9 Å². The van der Waals surface area contributed by atoms with Crippen molar-refractivity contribution in [3.63, 3.8) is 0 Å². The molecule has 0 radical (unpaired) electrons. The van der Waals surface area contributed by atoms with Gasteiger partial charge in [-0.1, -0.05) is 48.5 Å². The van der Waals surface area contributed by atoms with E-state index in [4.69, 9.17) is 0 Å². The van der Waals surface area contributed by atoms with E-state index in [9.17, 15) is 22.4 Å². The lowest BCUT2D eigenvalue weighted by Gasteiger charge is -2.35. The predicted octanol–water partition coefficient (Wildman–Crippen LogP) is 2.72. The summed E-state index contributed by atoms with van der Waals surface area (Å²) in [4.78, 5) is 28.6. The minimum Gasteiger partial charge on any atom is -0.340 e. The zero-order valence-electron chi connectivity index (χ0n) is 21.8. The number of hydrogen-bond donors (Lipinski definition) is 2. The van der Waals surface area contributed by atoms with E-state index in [1.807, 2.05) is 36.4 Å². The maximum Gasteiger partial charge on any atom is 0.252 e. The molecular formula is C29H33FN4O4S. The van der Waals surface area contributed by atoms with Crippen LogP contribution in [-0.2, 0) is 14.8 Å². The Morgan fingerprint density at radius 3 is 2.38 bits per heavy atom. The average Bonchev–Trinajstić information content (AvgIpc) is 3.71. The minimum atomic E-state index is -3.32. The minimum absolute atomic E-state index is 0.218. The van der Waals surface area contributed by atoms with Crippen molar-refractivity contribution in [1.82, 2.24) is 19.8 Å². The largest absolute Gasteiger partial charge is 0.340 e. The molecule has 1 aliphatic heterocycles. The molecule has 0 bridgehead atoms. The van der Waals surface area contributed by atoms with Gasteiger partial charge in [-0.15, -0.1) is 0 Å². The highest BCUT2D eigenvalue weighted by Crippen LogP contribution is 2.40. The van der Waals surface area contributed by atoms with Gasteiger partial charge in [0.1, 0.15) is 11.9 Å². The third kappa shape index (κ3) is 6.46. The van der Waals surface area contributed by atoms with Crippen molar-refractivity contribution in [2.45, 2.75) is 30.8 Å². The van der Waals surface area contributed by atoms with Crippen LogP contribution < -0.4 is 10.6 Å². The SMILES string of the molecule is CS(=O)(=O)N1CCN(C(=O)C(CCN[C@@H]2C[C@H]2c2ccc(F)cc2)NC(=O)c2cccc3ccccc23)CC1. The molecule has 5 rings (SSSR count). The molecule has 3 aromatic carbocycles. The number of amides is 2. The molecule has 1 unspecified atom stereocenters. The molecule has 0 spiro atoms. The second-order valence-electron chi connectivity index (χ2n) is 10.3. The summed E-state index contributed by atoms with van der Waals surface area (Å²) in [6, 6.07) is 19.1. The van der Waals surface area contributed by atoms with Crippen LogP contribution in [0.3, 0.4) is 0 Å². The summed E-state index contributed by atoms with van der Waals surface area (Å²) < 4.78 is 38.4. The average molecular weight is 553 g/mol. The molecule has 2 amide bonds. The fraction of sp³-hybridized carbons (Fsp3) is 0.379. The van der Waals surface area contributed by atoms with Crippen LogP contribution in [0, 0.1) is 5.82 Å². The predicted molar refractivity (Wildman–Crippen MR) is 148 cm³/mol. The van der Waals surface area contributed by atoms with Gasteiger partial charge in [0.2, 0.25) is 15.9 Å². The van der Waals surface area contributed by atoms with Crippen molar-refractivity contribution < 1.29 is 22.4 Å². The van der Waals surface area contributed by atoms with Crippen LogP contribution in [0.25, 0.3) is 10.8 Å². The maximum absolute atomic E-state index is 13.6. The standard InChI is InChI=1S/C29H33FN4O4S/c1-39(37,38)34-17-15-33(16-18-34)29(36)26(13-14-31-27-19-25(27)21-9-11-22(30)12-10-21)32-28(35)24-8-4-6-20-5-2-3-7-23(20)24/h2-12,25-27,31H,13-19H2,1H3,(H,32,35)/t25-,26?,27+/m0/s1. The Labute approximate surface area is 228 Å². The number of halogens is 1. The summed E-state index contributed by atoms with van der Waals surface area (Å²) >= 11 is 0. The van der Waals surface area contributed by atoms with Crippen LogP contribution in [-0.4, -0.2) is 80.5 Å². The third-order valence-electron chi connectivity index (χ3n) is 7.59. The van der Waals surface area contributed by atoms with Crippen LogP contribution in [0.2, 0.25) is 0 Å². The zero-order valence-corrected chi connectivity index (χ0v) is 22.7. The van der Waals surface area contributed by atoms with E-state index in [2.05, 4.69) is 10.6 Å². The van der Waals surface area contributed by atoms with Gasteiger partial charge < -0.3 is 15.5 Å². The highest BCUT2D eigenvalue weighted by molar-refractivity contribution is 7.88. The number of piperazine rings is 1. The molecule has 2 aliphatic rings. The molecule has 10 heteroatoms. The van der Waals surface area contributed by atoms with Crippen LogP contribution in [0.1, 0.15) is 34.7 Å². The molecule has 1 heterocycles. The Kier molecular flexibility index (Phi) is 7.97. The topological polar surface area (TPSA) is 98.8 Å². The van der Waals surface area contributed by atoms with Crippen LogP contribution in [0.5, 0.6) is 0 Å². The summed E-state index contributed by atoms with van der Waals surface area (Å²) in [7, 11) is -3.32. The molecule has 8 nitrogen and oxygen atoms in total. The molecule has 2 N–H and O–H groups in total. The van der Waals surface area contributed by atoms with Crippen molar-refractivity contribution in [3.05, 3.63) is 83.7 Å². The van der Waals surface area contributed by atoms with Gasteiger partial charge in [-0.25, -0.2) is 12.8 Å². The fourth-order valence-electron chi connectivity index (χ4n) is 5.29. The fourth-order valence-corrected chi connectivity index (χ4v) is 6.12. The first-order valence-corrected chi connectivity index (χ1v) is 15.1. The van der Waals surface area contributed by atoms with Gasteiger partial charge in [0.05, 0.1) is 6.26 Å². The first kappa shape index (κ1) is 27.2. The van der Waals surface area contributed by atoms with Crippen LogP contribution >= 0.6 is 0 Å². The number of fused-ring (bicyclic) bond motifs is 1. The lowest BCUT2D eigenvalue weighted by molar-refractivity contribution is -0.134. The van der Waals surface area contributed by atoms with Gasteiger partial charge in [0, 0.05) is 43.7 Å². The summed E-state index contributed by atoms with van der Waals surface area (Å²) in [5.41, 5.74) is 1.58. The number of nitrogens with zero attached hydrogens (tertiary/aromatic N) is 2. The van der Waals surface area contributed by atoms with Crippen LogP contribution in [0.4, 0.5) is 4.39 Å². The number of hydrogen-bond acceptors (Lipinski definition) is 5. The number of nitrogens with one attached hydrogen (secondary N) is 2. The molecular weight excluding hydrogens is 519 g/mol. The molecule has 3 atom stereocenters. The lowest BCUT2D eigenvalue weighted by Crippen LogP contribution is -2.56. The van der Waals surface area contributed by atoms with Crippen molar-refractivity contribution >= 4 is 32.6 Å². The van der Waals surface area contributed by atoms with E-state index in [0.29, 0.717) is 24.4 Å². The Bertz CT molecular complexity index is 1450. The van der Waals surface area contributed by atoms with E-state index in [0.717, 1.165) is 22.8 Å². The Balaban J connectivity index is 1.26. The quantitative estimate of drug-likeness (QED) is 0.426. The number of benzene rings is 3. The third-order valence-corrected chi connectivity index (χ3v) is 8.89. The Morgan fingerprint density at radius 2 is 1.67 bits per heavy atom. The summed E-state index contributed by atoms with van der Waals surface area (Å²) in [5.74, 6) is -0.501. The highest BCUT2D eigenvalue weighted by Gasteiger charge is 2.38. The first-order valence-electron chi connectivity index (χ1n) is 13.2. The number of carbonyl (C=O) groups is 2. The van der Waals surface area contributed by atoms with Crippen molar-refractivity contribution in [3.8, 4) is 0 Å². The lowest BCUT2D eigenvalue weighted by atomic mass is 10.0. The molecule has 206 valence electrons. The van der Waals surface area contributed by atoms with E-state index < -0.39 is 16.1 Å². The van der Waals surface area contributed by atoms with Gasteiger partial charge in [-0.2, -0.15) is 4.31 Å². The Morgan fingerprint density at radius 1 is 0.974 bits per heavy atom. The molecule has 2 fully saturated rings. The van der Waals surface area contributed by atoms with E-state index in [1.54, 1.807) is 23.1 Å². The highest BCUT2D eigenvalue weighted by atomic mass is 32.2. The first-order chi connectivity index (χ1) is 18.7. The van der Waals surface area contributed by atoms with Crippen molar-refractivity contribution in [2.24, 2.45) is 0 Å². The number of sulfonamides is 1. The normalized spacial score (nSPS) is 20.5.